The lowest BCUT2D eigenvalue weighted by Gasteiger charge is -2.15. The molecule has 19 heavy (non-hydrogen) atoms. The molecule has 0 radical (unpaired) electrons. The minimum Gasteiger partial charge on any atom is -0.392 e. The summed E-state index contributed by atoms with van der Waals surface area (Å²) in [4.78, 5) is 9.07. The third kappa shape index (κ3) is 5.78. The molecule has 0 bridgehead atoms. The highest BCUT2D eigenvalue weighted by atomic mass is 32.2. The van der Waals surface area contributed by atoms with Crippen LogP contribution in [0.15, 0.2) is 11.1 Å². The molecule has 4 nitrogen and oxygen atoms in total. The summed E-state index contributed by atoms with van der Waals surface area (Å²) in [5.41, 5.74) is 0. The van der Waals surface area contributed by atoms with Gasteiger partial charge in [0.1, 0.15) is 16.7 Å². The number of anilines is 1. The number of hydrogen-bond donors (Lipinski definition) is 2. The van der Waals surface area contributed by atoms with Crippen molar-refractivity contribution < 1.29 is 5.11 Å². The molecule has 0 amide bonds. The molecule has 5 heteroatoms. The van der Waals surface area contributed by atoms with Gasteiger partial charge in [-0.1, -0.05) is 20.8 Å². The maximum absolute atomic E-state index is 9.59. The third-order valence-electron chi connectivity index (χ3n) is 2.76. The second-order valence-corrected chi connectivity index (χ2v) is 6.15. The Hall–Kier alpha value is -0.810. The van der Waals surface area contributed by atoms with E-state index in [9.17, 15) is 5.11 Å². The minimum absolute atomic E-state index is 0.128. The van der Waals surface area contributed by atoms with E-state index >= 15 is 0 Å². The fourth-order valence-electron chi connectivity index (χ4n) is 1.50. The number of aliphatic hydroxyl groups is 1. The van der Waals surface area contributed by atoms with Gasteiger partial charge in [-0.2, -0.15) is 0 Å². The van der Waals surface area contributed by atoms with E-state index in [4.69, 9.17) is 0 Å². The van der Waals surface area contributed by atoms with Crippen molar-refractivity contribution in [1.29, 1.82) is 0 Å². The molecule has 0 saturated heterocycles. The van der Waals surface area contributed by atoms with E-state index in [1.54, 1.807) is 11.8 Å². The van der Waals surface area contributed by atoms with E-state index in [1.165, 1.54) is 0 Å². The van der Waals surface area contributed by atoms with Gasteiger partial charge in [0.2, 0.25) is 0 Å². The van der Waals surface area contributed by atoms with Gasteiger partial charge in [-0.3, -0.25) is 0 Å². The van der Waals surface area contributed by atoms with Gasteiger partial charge in [0.25, 0.3) is 0 Å². The lowest BCUT2D eigenvalue weighted by atomic mass is 10.3. The van der Waals surface area contributed by atoms with Gasteiger partial charge in [0, 0.05) is 24.3 Å². The van der Waals surface area contributed by atoms with Gasteiger partial charge in [0.15, 0.2) is 0 Å². The lowest BCUT2D eigenvalue weighted by molar-refractivity contribution is 0.196. The molecule has 108 valence electrons. The number of rotatable bonds is 8. The number of hydrogen-bond acceptors (Lipinski definition) is 5. The monoisotopic (exact) mass is 283 g/mol. The number of aliphatic hydroxyl groups excluding tert-OH is 1. The summed E-state index contributed by atoms with van der Waals surface area (Å²) in [6.07, 6.45) is 2.65. The smallest absolute Gasteiger partial charge is 0.132 e. The molecule has 0 aliphatic heterocycles. The number of aromatic nitrogens is 2. The SMILES string of the molecule is CCCNc1cc(SC(C)C(C)O)nc(CCC)n1. The van der Waals surface area contributed by atoms with Crippen molar-refractivity contribution in [1.82, 2.24) is 9.97 Å². The molecule has 0 fully saturated rings. The summed E-state index contributed by atoms with van der Waals surface area (Å²) in [5.74, 6) is 1.77. The zero-order valence-corrected chi connectivity index (χ0v) is 13.1. The average molecular weight is 283 g/mol. The summed E-state index contributed by atoms with van der Waals surface area (Å²) in [6, 6.07) is 1.97. The van der Waals surface area contributed by atoms with E-state index in [0.29, 0.717) is 0 Å². The molecule has 0 aliphatic carbocycles. The van der Waals surface area contributed by atoms with Crippen LogP contribution in [0.1, 0.15) is 46.4 Å². The fourth-order valence-corrected chi connectivity index (χ4v) is 2.42. The van der Waals surface area contributed by atoms with Crippen LogP contribution in [0.2, 0.25) is 0 Å². The van der Waals surface area contributed by atoms with Crippen LogP contribution in [0.3, 0.4) is 0 Å². The normalized spacial score (nSPS) is 14.2. The molecule has 1 aromatic rings. The van der Waals surface area contributed by atoms with Crippen LogP contribution in [-0.4, -0.2) is 33.0 Å². The summed E-state index contributed by atoms with van der Waals surface area (Å²) in [5, 5.41) is 14.0. The second kappa shape index (κ2) is 8.38. The molecule has 1 heterocycles. The van der Waals surface area contributed by atoms with Crippen molar-refractivity contribution in [3.63, 3.8) is 0 Å². The van der Waals surface area contributed by atoms with Crippen molar-refractivity contribution in [3.05, 3.63) is 11.9 Å². The van der Waals surface area contributed by atoms with Crippen molar-refractivity contribution in [2.24, 2.45) is 0 Å². The highest BCUT2D eigenvalue weighted by molar-refractivity contribution is 7.99. The first kappa shape index (κ1) is 16.2. The Kier molecular flexibility index (Phi) is 7.16. The molecule has 0 aromatic carbocycles. The van der Waals surface area contributed by atoms with Gasteiger partial charge >= 0.3 is 0 Å². The first-order valence-corrected chi connectivity index (χ1v) is 7.91. The van der Waals surface area contributed by atoms with Gasteiger partial charge in [-0.15, -0.1) is 11.8 Å². The Morgan fingerprint density at radius 1 is 1.26 bits per heavy atom. The van der Waals surface area contributed by atoms with Crippen LogP contribution in [0.5, 0.6) is 0 Å². The lowest BCUT2D eigenvalue weighted by Crippen LogP contribution is -2.15. The Balaban J connectivity index is 2.85. The van der Waals surface area contributed by atoms with Crippen molar-refractivity contribution in [2.75, 3.05) is 11.9 Å². The number of aryl methyl sites for hydroxylation is 1. The first-order valence-electron chi connectivity index (χ1n) is 7.03. The van der Waals surface area contributed by atoms with Crippen LogP contribution in [0.4, 0.5) is 5.82 Å². The maximum Gasteiger partial charge on any atom is 0.132 e. The Morgan fingerprint density at radius 2 is 2.00 bits per heavy atom. The van der Waals surface area contributed by atoms with Gasteiger partial charge in [-0.05, 0) is 19.8 Å². The van der Waals surface area contributed by atoms with Crippen LogP contribution >= 0.6 is 11.8 Å². The van der Waals surface area contributed by atoms with E-state index in [0.717, 1.165) is 42.5 Å². The van der Waals surface area contributed by atoms with Crippen LogP contribution in [0, 0.1) is 0 Å². The van der Waals surface area contributed by atoms with E-state index in [2.05, 4.69) is 29.1 Å². The summed E-state index contributed by atoms with van der Waals surface area (Å²) >= 11 is 1.60. The number of thioether (sulfide) groups is 1. The largest absolute Gasteiger partial charge is 0.392 e. The van der Waals surface area contributed by atoms with Gasteiger partial charge in [-0.25, -0.2) is 9.97 Å². The molecule has 1 aromatic heterocycles. The molecule has 0 aliphatic rings. The first-order chi connectivity index (χ1) is 9.06. The highest BCUT2D eigenvalue weighted by Gasteiger charge is 2.13. The standard InChI is InChI=1S/C14H25N3OS/c1-5-7-12-16-13(15-8-6-2)9-14(17-12)19-11(4)10(3)18/h9-11,18H,5-8H2,1-4H3,(H,15,16,17). The zero-order chi connectivity index (χ0) is 14.3. The van der Waals surface area contributed by atoms with Crippen LogP contribution in [-0.2, 0) is 6.42 Å². The molecular weight excluding hydrogens is 258 g/mol. The van der Waals surface area contributed by atoms with Crippen molar-refractivity contribution >= 4 is 17.6 Å². The van der Waals surface area contributed by atoms with E-state index in [1.807, 2.05) is 19.9 Å². The topological polar surface area (TPSA) is 58.0 Å². The van der Waals surface area contributed by atoms with Gasteiger partial charge < -0.3 is 10.4 Å². The average Bonchev–Trinajstić information content (AvgIpc) is 2.36. The van der Waals surface area contributed by atoms with Crippen LogP contribution < -0.4 is 5.32 Å². The number of nitrogens with zero attached hydrogens (tertiary/aromatic N) is 2. The van der Waals surface area contributed by atoms with Crippen molar-refractivity contribution in [2.45, 2.75) is 63.3 Å². The third-order valence-corrected chi connectivity index (χ3v) is 3.98. The highest BCUT2D eigenvalue weighted by Crippen LogP contribution is 2.25. The summed E-state index contributed by atoms with van der Waals surface area (Å²) < 4.78 is 0. The predicted molar refractivity (Wildman–Crippen MR) is 81.8 cm³/mol. The van der Waals surface area contributed by atoms with Gasteiger partial charge in [0.05, 0.1) is 6.10 Å². The van der Waals surface area contributed by atoms with E-state index in [-0.39, 0.29) is 11.4 Å². The fraction of sp³-hybridized carbons (Fsp3) is 0.714. The quantitative estimate of drug-likeness (QED) is 0.567. The Morgan fingerprint density at radius 3 is 2.58 bits per heavy atom. The molecule has 2 unspecified atom stereocenters. The molecule has 0 spiro atoms. The summed E-state index contributed by atoms with van der Waals surface area (Å²) in [7, 11) is 0. The Labute approximate surface area is 120 Å². The molecule has 2 atom stereocenters. The number of nitrogens with one attached hydrogen (secondary N) is 1. The minimum atomic E-state index is -0.346. The molecule has 0 saturated carbocycles. The Bertz CT molecular complexity index is 385. The zero-order valence-electron chi connectivity index (χ0n) is 12.3. The van der Waals surface area contributed by atoms with E-state index < -0.39 is 0 Å². The maximum atomic E-state index is 9.59. The predicted octanol–water partition coefficient (Wildman–Crippen LogP) is 3.11. The summed E-state index contributed by atoms with van der Waals surface area (Å²) in [6.45, 7) is 8.99. The van der Waals surface area contributed by atoms with Crippen molar-refractivity contribution in [3.8, 4) is 0 Å². The second-order valence-electron chi connectivity index (χ2n) is 4.75. The molecular formula is C14H25N3OS. The molecule has 1 rings (SSSR count). The van der Waals surface area contributed by atoms with Crippen LogP contribution in [0.25, 0.3) is 0 Å². The molecule has 2 N–H and O–H groups in total.